The number of carbonyl (C=O) groups excluding carboxylic acids is 2. The summed E-state index contributed by atoms with van der Waals surface area (Å²) in [5.74, 6) is -0.857. The van der Waals surface area contributed by atoms with Crippen molar-refractivity contribution in [1.82, 2.24) is 10.2 Å². The number of halogens is 1. The van der Waals surface area contributed by atoms with Crippen LogP contribution in [0.25, 0.3) is 0 Å². The van der Waals surface area contributed by atoms with Crippen LogP contribution in [-0.4, -0.2) is 29.3 Å². The third-order valence-corrected chi connectivity index (χ3v) is 4.64. The second-order valence-electron chi connectivity index (χ2n) is 6.53. The molecule has 2 rings (SSSR count). The largest absolute Gasteiger partial charge is 0.355 e. The first-order chi connectivity index (χ1) is 13.0. The Morgan fingerprint density at radius 1 is 1.04 bits per heavy atom. The fourth-order valence-electron chi connectivity index (χ4n) is 3.09. The quantitative estimate of drug-likeness (QED) is 0.772. The van der Waals surface area contributed by atoms with Crippen LogP contribution in [0.3, 0.4) is 0 Å². The van der Waals surface area contributed by atoms with Gasteiger partial charge < -0.3 is 10.2 Å². The third-order valence-electron chi connectivity index (χ3n) is 4.64. The standard InChI is InChI=1S/C22H27FN2O2/c1-4-20(22(27)24-5-2)25(15-18-12-7-6-10-16(18)3)21(26)14-17-11-8-9-13-19(17)23/h6-13,20H,4-5,14-15H2,1-3H3,(H,24,27). The van der Waals surface area contributed by atoms with Crippen molar-refractivity contribution in [3.05, 3.63) is 71.0 Å². The molecule has 0 heterocycles. The van der Waals surface area contributed by atoms with Crippen molar-refractivity contribution >= 4 is 11.8 Å². The van der Waals surface area contributed by atoms with Crippen LogP contribution >= 0.6 is 0 Å². The topological polar surface area (TPSA) is 49.4 Å². The van der Waals surface area contributed by atoms with Gasteiger partial charge in [0, 0.05) is 13.1 Å². The Kier molecular flexibility index (Phi) is 7.53. The predicted molar refractivity (Wildman–Crippen MR) is 105 cm³/mol. The molecule has 0 saturated heterocycles. The normalized spacial score (nSPS) is 11.7. The lowest BCUT2D eigenvalue weighted by atomic mass is 10.0. The first-order valence-electron chi connectivity index (χ1n) is 9.33. The number of likely N-dealkylation sites (N-methyl/N-ethyl adjacent to an activating group) is 1. The van der Waals surface area contributed by atoms with Gasteiger partial charge in [0.25, 0.3) is 0 Å². The number of hydrogen-bond acceptors (Lipinski definition) is 2. The van der Waals surface area contributed by atoms with Gasteiger partial charge in [0.1, 0.15) is 11.9 Å². The lowest BCUT2D eigenvalue weighted by molar-refractivity contribution is -0.140. The molecule has 2 amide bonds. The highest BCUT2D eigenvalue weighted by molar-refractivity contribution is 5.88. The van der Waals surface area contributed by atoms with E-state index < -0.39 is 11.9 Å². The van der Waals surface area contributed by atoms with Gasteiger partial charge in [-0.1, -0.05) is 49.4 Å². The lowest BCUT2D eigenvalue weighted by Gasteiger charge is -2.31. The Bertz CT molecular complexity index is 791. The number of benzene rings is 2. The zero-order valence-electron chi connectivity index (χ0n) is 16.2. The number of amides is 2. The fourth-order valence-corrected chi connectivity index (χ4v) is 3.09. The van der Waals surface area contributed by atoms with Gasteiger partial charge in [0.15, 0.2) is 0 Å². The molecule has 0 radical (unpaired) electrons. The number of aryl methyl sites for hydroxylation is 1. The minimum Gasteiger partial charge on any atom is -0.355 e. The Hall–Kier alpha value is -2.69. The highest BCUT2D eigenvalue weighted by Crippen LogP contribution is 2.18. The monoisotopic (exact) mass is 370 g/mol. The number of nitrogens with zero attached hydrogens (tertiary/aromatic N) is 1. The van der Waals surface area contributed by atoms with Crippen molar-refractivity contribution in [2.45, 2.75) is 46.2 Å². The maximum Gasteiger partial charge on any atom is 0.242 e. The van der Waals surface area contributed by atoms with Gasteiger partial charge >= 0.3 is 0 Å². The molecular formula is C22H27FN2O2. The second-order valence-corrected chi connectivity index (χ2v) is 6.53. The average molecular weight is 370 g/mol. The molecule has 0 fully saturated rings. The van der Waals surface area contributed by atoms with Crippen LogP contribution in [0.15, 0.2) is 48.5 Å². The van der Waals surface area contributed by atoms with Crippen molar-refractivity contribution in [3.63, 3.8) is 0 Å². The summed E-state index contributed by atoms with van der Waals surface area (Å²) in [7, 11) is 0. The summed E-state index contributed by atoms with van der Waals surface area (Å²) >= 11 is 0. The summed E-state index contributed by atoms with van der Waals surface area (Å²) in [5, 5.41) is 2.80. The van der Waals surface area contributed by atoms with E-state index in [1.165, 1.54) is 6.07 Å². The first-order valence-corrected chi connectivity index (χ1v) is 9.33. The summed E-state index contributed by atoms with van der Waals surface area (Å²) < 4.78 is 14.0. The van der Waals surface area contributed by atoms with E-state index in [0.29, 0.717) is 25.1 Å². The molecule has 4 nitrogen and oxygen atoms in total. The number of hydrogen-bond donors (Lipinski definition) is 1. The Morgan fingerprint density at radius 3 is 2.26 bits per heavy atom. The molecule has 0 saturated carbocycles. The molecule has 0 aromatic heterocycles. The second kappa shape index (κ2) is 9.86. The van der Waals surface area contributed by atoms with Crippen molar-refractivity contribution in [2.24, 2.45) is 0 Å². The minimum atomic E-state index is -0.594. The van der Waals surface area contributed by atoms with E-state index >= 15 is 0 Å². The molecule has 144 valence electrons. The molecule has 27 heavy (non-hydrogen) atoms. The zero-order valence-corrected chi connectivity index (χ0v) is 16.2. The maximum atomic E-state index is 14.0. The van der Waals surface area contributed by atoms with Crippen LogP contribution in [0.1, 0.15) is 37.0 Å². The van der Waals surface area contributed by atoms with Gasteiger partial charge in [0.2, 0.25) is 11.8 Å². The fraction of sp³-hybridized carbons (Fsp3) is 0.364. The van der Waals surface area contributed by atoms with E-state index in [2.05, 4.69) is 5.32 Å². The molecule has 1 atom stereocenters. The maximum absolute atomic E-state index is 14.0. The summed E-state index contributed by atoms with van der Waals surface area (Å²) in [6, 6.07) is 13.4. The molecule has 0 aliphatic rings. The predicted octanol–water partition coefficient (Wildman–Crippen LogP) is 3.62. The van der Waals surface area contributed by atoms with E-state index in [4.69, 9.17) is 0 Å². The summed E-state index contributed by atoms with van der Waals surface area (Å²) in [4.78, 5) is 27.2. The number of rotatable bonds is 8. The molecule has 2 aromatic carbocycles. The lowest BCUT2D eigenvalue weighted by Crippen LogP contribution is -2.49. The molecule has 2 aromatic rings. The number of nitrogens with one attached hydrogen (secondary N) is 1. The molecule has 1 N–H and O–H groups in total. The van der Waals surface area contributed by atoms with Gasteiger partial charge in [0.05, 0.1) is 6.42 Å². The van der Waals surface area contributed by atoms with Crippen LogP contribution in [0.4, 0.5) is 4.39 Å². The summed E-state index contributed by atoms with van der Waals surface area (Å²) in [6.45, 7) is 6.51. The first kappa shape index (κ1) is 20.6. The van der Waals surface area contributed by atoms with Gasteiger partial charge in [-0.2, -0.15) is 0 Å². The van der Waals surface area contributed by atoms with E-state index in [1.807, 2.05) is 45.0 Å². The highest BCUT2D eigenvalue weighted by atomic mass is 19.1. The summed E-state index contributed by atoms with van der Waals surface area (Å²) in [5.41, 5.74) is 2.36. The van der Waals surface area contributed by atoms with Crippen molar-refractivity contribution in [3.8, 4) is 0 Å². The SMILES string of the molecule is CCNC(=O)C(CC)N(Cc1ccccc1C)C(=O)Cc1ccccc1F. The van der Waals surface area contributed by atoms with Crippen LogP contribution < -0.4 is 5.32 Å². The summed E-state index contributed by atoms with van der Waals surface area (Å²) in [6.07, 6.45) is 0.412. The van der Waals surface area contributed by atoms with E-state index in [0.717, 1.165) is 11.1 Å². The Labute approximate surface area is 160 Å². The van der Waals surface area contributed by atoms with E-state index in [1.54, 1.807) is 23.1 Å². The molecule has 1 unspecified atom stereocenters. The van der Waals surface area contributed by atoms with Gasteiger partial charge in [-0.15, -0.1) is 0 Å². The molecule has 5 heteroatoms. The molecule has 0 aliphatic heterocycles. The van der Waals surface area contributed by atoms with Crippen LogP contribution in [0.5, 0.6) is 0 Å². The molecular weight excluding hydrogens is 343 g/mol. The smallest absolute Gasteiger partial charge is 0.242 e. The van der Waals surface area contributed by atoms with Gasteiger partial charge in [-0.3, -0.25) is 9.59 Å². The van der Waals surface area contributed by atoms with Gasteiger partial charge in [-0.05, 0) is 43.0 Å². The van der Waals surface area contributed by atoms with E-state index in [-0.39, 0.29) is 18.2 Å². The average Bonchev–Trinajstić information content (AvgIpc) is 2.65. The minimum absolute atomic E-state index is 0.0749. The molecule has 0 spiro atoms. The van der Waals surface area contributed by atoms with Crippen LogP contribution in [0.2, 0.25) is 0 Å². The van der Waals surface area contributed by atoms with Crippen LogP contribution in [0, 0.1) is 12.7 Å². The zero-order chi connectivity index (χ0) is 19.8. The van der Waals surface area contributed by atoms with Crippen molar-refractivity contribution < 1.29 is 14.0 Å². The van der Waals surface area contributed by atoms with Crippen molar-refractivity contribution in [2.75, 3.05) is 6.54 Å². The van der Waals surface area contributed by atoms with Gasteiger partial charge in [-0.25, -0.2) is 4.39 Å². The molecule has 0 aliphatic carbocycles. The van der Waals surface area contributed by atoms with Crippen LogP contribution in [-0.2, 0) is 22.6 Å². The highest BCUT2D eigenvalue weighted by Gasteiger charge is 2.29. The Balaban J connectivity index is 2.32. The number of carbonyl (C=O) groups is 2. The van der Waals surface area contributed by atoms with Crippen molar-refractivity contribution in [1.29, 1.82) is 0 Å². The molecule has 0 bridgehead atoms. The Morgan fingerprint density at radius 2 is 1.67 bits per heavy atom. The third kappa shape index (κ3) is 5.39. The van der Waals surface area contributed by atoms with E-state index in [9.17, 15) is 14.0 Å².